The molecule has 0 unspecified atom stereocenters. The third kappa shape index (κ3) is 2.19. The molecule has 0 saturated heterocycles. The molecule has 0 atom stereocenters. The van der Waals surface area contributed by atoms with E-state index >= 15 is 0 Å². The van der Waals surface area contributed by atoms with Gasteiger partial charge in [-0.05, 0) is 26.0 Å². The number of nitrogens with zero attached hydrogens (tertiary/aromatic N) is 1. The predicted molar refractivity (Wildman–Crippen MR) is 46.2 cm³/mol. The van der Waals surface area contributed by atoms with Crippen molar-refractivity contribution in [1.82, 2.24) is 4.98 Å². The first-order valence-electron chi connectivity index (χ1n) is 3.34. The van der Waals surface area contributed by atoms with Crippen LogP contribution >= 0.6 is 12.6 Å². The molecular formula is C8H10FNS. The Labute approximate surface area is 71.1 Å². The highest BCUT2D eigenvalue weighted by molar-refractivity contribution is 7.81. The van der Waals surface area contributed by atoms with Crippen molar-refractivity contribution in [2.75, 3.05) is 0 Å². The number of aromatic nitrogens is 1. The van der Waals surface area contributed by atoms with Crippen molar-refractivity contribution in [3.8, 4) is 0 Å². The normalized spacial score (nSPS) is 11.6. The zero-order chi connectivity index (χ0) is 8.48. The largest absolute Gasteiger partial charge is 0.257 e. The zero-order valence-electron chi connectivity index (χ0n) is 6.50. The molecule has 0 aliphatic heterocycles. The van der Waals surface area contributed by atoms with Crippen LogP contribution in [0.5, 0.6) is 0 Å². The maximum atomic E-state index is 12.4. The summed E-state index contributed by atoms with van der Waals surface area (Å²) in [6.45, 7) is 3.83. The molecular weight excluding hydrogens is 161 g/mol. The lowest BCUT2D eigenvalue weighted by atomic mass is 10.1. The molecule has 0 bridgehead atoms. The fourth-order valence-electron chi connectivity index (χ4n) is 0.738. The van der Waals surface area contributed by atoms with E-state index in [-0.39, 0.29) is 10.6 Å². The SMILES string of the molecule is CC(C)(S)c1ccc(F)cn1. The molecule has 0 fully saturated rings. The van der Waals surface area contributed by atoms with Crippen molar-refractivity contribution in [2.45, 2.75) is 18.6 Å². The van der Waals surface area contributed by atoms with Gasteiger partial charge in [-0.15, -0.1) is 0 Å². The standard InChI is InChI=1S/C8H10FNS/c1-8(2,11)7-4-3-6(9)5-10-7/h3-5,11H,1-2H3. The van der Waals surface area contributed by atoms with Gasteiger partial charge in [-0.1, -0.05) is 0 Å². The summed E-state index contributed by atoms with van der Waals surface area (Å²) in [5.74, 6) is -0.314. The summed E-state index contributed by atoms with van der Waals surface area (Å²) in [6, 6.07) is 3.03. The Bertz CT molecular complexity index is 237. The van der Waals surface area contributed by atoms with Crippen LogP contribution in [0.3, 0.4) is 0 Å². The minimum atomic E-state index is -0.314. The van der Waals surface area contributed by atoms with Crippen LogP contribution in [0, 0.1) is 5.82 Å². The Morgan fingerprint density at radius 3 is 2.45 bits per heavy atom. The monoisotopic (exact) mass is 171 g/mol. The third-order valence-corrected chi connectivity index (χ3v) is 1.58. The first kappa shape index (κ1) is 8.53. The summed E-state index contributed by atoms with van der Waals surface area (Å²) in [6.07, 6.45) is 1.20. The highest BCUT2D eigenvalue weighted by atomic mass is 32.1. The molecule has 3 heteroatoms. The van der Waals surface area contributed by atoms with E-state index in [4.69, 9.17) is 0 Å². The molecule has 0 saturated carbocycles. The molecule has 1 aromatic heterocycles. The summed E-state index contributed by atoms with van der Waals surface area (Å²) in [7, 11) is 0. The van der Waals surface area contributed by atoms with Gasteiger partial charge >= 0.3 is 0 Å². The van der Waals surface area contributed by atoms with Gasteiger partial charge in [-0.2, -0.15) is 12.6 Å². The van der Waals surface area contributed by atoms with E-state index < -0.39 is 0 Å². The number of rotatable bonds is 1. The van der Waals surface area contributed by atoms with E-state index in [0.717, 1.165) is 5.69 Å². The molecule has 0 radical (unpaired) electrons. The van der Waals surface area contributed by atoms with Crippen LogP contribution in [0.15, 0.2) is 18.3 Å². The number of hydrogen-bond donors (Lipinski definition) is 1. The summed E-state index contributed by atoms with van der Waals surface area (Å²) < 4.78 is 12.1. The summed E-state index contributed by atoms with van der Waals surface area (Å²) in [5, 5.41) is 0. The first-order valence-corrected chi connectivity index (χ1v) is 3.79. The van der Waals surface area contributed by atoms with Crippen LogP contribution in [0.1, 0.15) is 19.5 Å². The minimum Gasteiger partial charge on any atom is -0.257 e. The van der Waals surface area contributed by atoms with Gasteiger partial charge in [0.15, 0.2) is 0 Å². The molecule has 1 rings (SSSR count). The van der Waals surface area contributed by atoms with Crippen molar-refractivity contribution < 1.29 is 4.39 Å². The smallest absolute Gasteiger partial charge is 0.141 e. The minimum absolute atomic E-state index is 0.298. The average Bonchev–Trinajstić information content (AvgIpc) is 1.86. The summed E-state index contributed by atoms with van der Waals surface area (Å²) >= 11 is 4.29. The lowest BCUT2D eigenvalue weighted by Gasteiger charge is -2.15. The Hall–Kier alpha value is -0.570. The lowest BCUT2D eigenvalue weighted by Crippen LogP contribution is -2.09. The van der Waals surface area contributed by atoms with Gasteiger partial charge in [0.05, 0.1) is 11.9 Å². The van der Waals surface area contributed by atoms with Crippen molar-refractivity contribution in [1.29, 1.82) is 0 Å². The highest BCUT2D eigenvalue weighted by Gasteiger charge is 2.15. The molecule has 60 valence electrons. The van der Waals surface area contributed by atoms with E-state index in [1.54, 1.807) is 6.07 Å². The van der Waals surface area contributed by atoms with Gasteiger partial charge in [0.25, 0.3) is 0 Å². The second kappa shape index (κ2) is 2.81. The van der Waals surface area contributed by atoms with Gasteiger partial charge in [-0.3, -0.25) is 4.98 Å². The topological polar surface area (TPSA) is 12.9 Å². The van der Waals surface area contributed by atoms with E-state index in [2.05, 4.69) is 17.6 Å². The Morgan fingerprint density at radius 1 is 1.45 bits per heavy atom. The van der Waals surface area contributed by atoms with Crippen LogP contribution in [0.4, 0.5) is 4.39 Å². The van der Waals surface area contributed by atoms with Gasteiger partial charge < -0.3 is 0 Å². The van der Waals surface area contributed by atoms with E-state index in [1.807, 2.05) is 13.8 Å². The van der Waals surface area contributed by atoms with Gasteiger partial charge in [0.2, 0.25) is 0 Å². The van der Waals surface area contributed by atoms with Crippen LogP contribution in [-0.2, 0) is 4.75 Å². The zero-order valence-corrected chi connectivity index (χ0v) is 7.40. The molecule has 0 aromatic carbocycles. The number of pyridine rings is 1. The van der Waals surface area contributed by atoms with Gasteiger partial charge in [0, 0.05) is 4.75 Å². The van der Waals surface area contributed by atoms with Gasteiger partial charge in [0.1, 0.15) is 5.82 Å². The maximum Gasteiger partial charge on any atom is 0.141 e. The quantitative estimate of drug-likeness (QED) is 0.640. The maximum absolute atomic E-state index is 12.4. The Morgan fingerprint density at radius 2 is 2.09 bits per heavy atom. The van der Waals surface area contributed by atoms with Crippen molar-refractivity contribution in [3.63, 3.8) is 0 Å². The molecule has 0 aliphatic carbocycles. The van der Waals surface area contributed by atoms with Crippen molar-refractivity contribution in [3.05, 3.63) is 29.8 Å². The van der Waals surface area contributed by atoms with Crippen LogP contribution < -0.4 is 0 Å². The molecule has 0 N–H and O–H groups in total. The Kier molecular flexibility index (Phi) is 2.18. The highest BCUT2D eigenvalue weighted by Crippen LogP contribution is 2.24. The second-order valence-electron chi connectivity index (χ2n) is 2.92. The summed E-state index contributed by atoms with van der Waals surface area (Å²) in [4.78, 5) is 3.90. The predicted octanol–water partition coefficient (Wildman–Crippen LogP) is 2.39. The van der Waals surface area contributed by atoms with E-state index in [0.29, 0.717) is 0 Å². The number of halogens is 1. The van der Waals surface area contributed by atoms with Crippen molar-refractivity contribution >= 4 is 12.6 Å². The third-order valence-electron chi connectivity index (χ3n) is 1.35. The fraction of sp³-hybridized carbons (Fsp3) is 0.375. The van der Waals surface area contributed by atoms with Gasteiger partial charge in [-0.25, -0.2) is 4.39 Å². The molecule has 0 aliphatic rings. The fourth-order valence-corrected chi connectivity index (χ4v) is 0.870. The second-order valence-corrected chi connectivity index (χ2v) is 4.04. The van der Waals surface area contributed by atoms with E-state index in [1.165, 1.54) is 12.3 Å². The number of hydrogen-bond acceptors (Lipinski definition) is 2. The molecule has 1 nitrogen and oxygen atoms in total. The molecule has 11 heavy (non-hydrogen) atoms. The average molecular weight is 171 g/mol. The van der Waals surface area contributed by atoms with Crippen LogP contribution in [0.25, 0.3) is 0 Å². The Balaban J connectivity index is 2.99. The van der Waals surface area contributed by atoms with Crippen molar-refractivity contribution in [2.24, 2.45) is 0 Å². The first-order chi connectivity index (χ1) is 5.00. The number of thiol groups is 1. The molecule has 0 spiro atoms. The molecule has 1 aromatic rings. The van der Waals surface area contributed by atoms with Crippen LogP contribution in [-0.4, -0.2) is 4.98 Å². The van der Waals surface area contributed by atoms with E-state index in [9.17, 15) is 4.39 Å². The molecule has 0 amide bonds. The van der Waals surface area contributed by atoms with Crippen LogP contribution in [0.2, 0.25) is 0 Å². The molecule has 1 heterocycles. The summed E-state index contributed by atoms with van der Waals surface area (Å²) in [5.41, 5.74) is 0.780. The lowest BCUT2D eigenvalue weighted by molar-refractivity contribution is 0.615.